The molecule has 1 atom stereocenters. The highest BCUT2D eigenvalue weighted by atomic mass is 32.2. The number of carboxylic acid groups (broad SMARTS) is 1. The average Bonchev–Trinajstić information content (AvgIpc) is 2.94. The number of aryl methyl sites for hydroxylation is 1. The Labute approximate surface area is 167 Å². The molecule has 0 radical (unpaired) electrons. The van der Waals surface area contributed by atoms with Crippen molar-refractivity contribution in [1.29, 1.82) is 0 Å². The first kappa shape index (κ1) is 19.3. The number of benzene rings is 2. The van der Waals surface area contributed by atoms with Crippen molar-refractivity contribution in [2.75, 3.05) is 0 Å². The average molecular weight is 398 g/mol. The molecule has 2 aromatic rings. The fourth-order valence-electron chi connectivity index (χ4n) is 2.88. The van der Waals surface area contributed by atoms with Crippen LogP contribution in [0.2, 0.25) is 0 Å². The molecule has 27 heavy (non-hydrogen) atoms. The van der Waals surface area contributed by atoms with Gasteiger partial charge in [0.05, 0.1) is 4.91 Å². The third-order valence-corrected chi connectivity index (χ3v) is 5.71. The Balaban J connectivity index is 1.84. The molecule has 0 aromatic heterocycles. The summed E-state index contributed by atoms with van der Waals surface area (Å²) in [5, 5.41) is 9.68. The van der Waals surface area contributed by atoms with E-state index in [1.54, 1.807) is 6.08 Å². The quantitative estimate of drug-likeness (QED) is 0.586. The number of hydrogen-bond donors (Lipinski definition) is 1. The van der Waals surface area contributed by atoms with Crippen LogP contribution in [0.4, 0.5) is 0 Å². The number of thiocarbonyl (C=S) groups is 1. The molecular formula is C21H19NO3S2. The van der Waals surface area contributed by atoms with Crippen LogP contribution >= 0.6 is 24.0 Å². The second kappa shape index (κ2) is 8.50. The number of thioether (sulfide) groups is 1. The lowest BCUT2D eigenvalue weighted by Crippen LogP contribution is -2.45. The van der Waals surface area contributed by atoms with Gasteiger partial charge in [0.2, 0.25) is 0 Å². The molecule has 0 aliphatic carbocycles. The zero-order valence-corrected chi connectivity index (χ0v) is 16.4. The van der Waals surface area contributed by atoms with E-state index in [4.69, 9.17) is 12.2 Å². The van der Waals surface area contributed by atoms with E-state index < -0.39 is 12.0 Å². The van der Waals surface area contributed by atoms with E-state index >= 15 is 0 Å². The molecule has 1 aliphatic heterocycles. The Morgan fingerprint density at radius 1 is 1.15 bits per heavy atom. The molecule has 138 valence electrons. The number of nitrogens with zero attached hydrogens (tertiary/aromatic N) is 1. The van der Waals surface area contributed by atoms with E-state index in [9.17, 15) is 14.7 Å². The number of carboxylic acids is 1. The van der Waals surface area contributed by atoms with Crippen molar-refractivity contribution in [3.8, 4) is 0 Å². The maximum Gasteiger partial charge on any atom is 0.327 e. The lowest BCUT2D eigenvalue weighted by Gasteiger charge is -2.23. The SMILES string of the molecule is CCc1ccc(/C=C2\SC(=S)N([C@H](Cc3ccccc3)C(=O)O)C2=O)cc1. The summed E-state index contributed by atoms with van der Waals surface area (Å²) >= 11 is 6.47. The first-order valence-corrected chi connectivity index (χ1v) is 9.84. The molecule has 0 bridgehead atoms. The molecule has 6 heteroatoms. The van der Waals surface area contributed by atoms with E-state index in [0.29, 0.717) is 4.91 Å². The largest absolute Gasteiger partial charge is 0.480 e. The van der Waals surface area contributed by atoms with Gasteiger partial charge in [0.25, 0.3) is 5.91 Å². The lowest BCUT2D eigenvalue weighted by atomic mass is 10.0. The molecule has 3 rings (SSSR count). The van der Waals surface area contributed by atoms with Crippen LogP contribution in [0.3, 0.4) is 0 Å². The highest BCUT2D eigenvalue weighted by molar-refractivity contribution is 8.26. The van der Waals surface area contributed by atoms with Gasteiger partial charge in [0.1, 0.15) is 10.4 Å². The van der Waals surface area contributed by atoms with Crippen LogP contribution in [-0.2, 0) is 22.4 Å². The smallest absolute Gasteiger partial charge is 0.327 e. The summed E-state index contributed by atoms with van der Waals surface area (Å²) in [7, 11) is 0. The molecule has 1 aliphatic rings. The van der Waals surface area contributed by atoms with Gasteiger partial charge in [-0.3, -0.25) is 9.69 Å². The third kappa shape index (κ3) is 4.46. The summed E-state index contributed by atoms with van der Waals surface area (Å²) in [5.74, 6) is -1.42. The molecule has 1 saturated heterocycles. The second-order valence-electron chi connectivity index (χ2n) is 6.19. The van der Waals surface area contributed by atoms with E-state index in [1.165, 1.54) is 10.5 Å². The van der Waals surface area contributed by atoms with Gasteiger partial charge in [-0.15, -0.1) is 0 Å². The van der Waals surface area contributed by atoms with Crippen LogP contribution in [0.25, 0.3) is 6.08 Å². The Morgan fingerprint density at radius 3 is 2.41 bits per heavy atom. The van der Waals surface area contributed by atoms with Crippen molar-refractivity contribution in [3.63, 3.8) is 0 Å². The number of carbonyl (C=O) groups is 2. The fraction of sp³-hybridized carbons (Fsp3) is 0.190. The fourth-order valence-corrected chi connectivity index (χ4v) is 4.23. The van der Waals surface area contributed by atoms with Gasteiger partial charge < -0.3 is 5.11 Å². The molecule has 2 aromatic carbocycles. The zero-order chi connectivity index (χ0) is 19.4. The van der Waals surface area contributed by atoms with Crippen molar-refractivity contribution in [2.45, 2.75) is 25.8 Å². The molecule has 1 heterocycles. The highest BCUT2D eigenvalue weighted by Crippen LogP contribution is 2.34. The molecule has 0 unspecified atom stereocenters. The number of rotatable bonds is 6. The summed E-state index contributed by atoms with van der Waals surface area (Å²) in [6.45, 7) is 2.08. The Kier molecular flexibility index (Phi) is 6.08. The Bertz CT molecular complexity index is 891. The van der Waals surface area contributed by atoms with E-state index in [0.717, 1.165) is 29.3 Å². The maximum absolute atomic E-state index is 12.9. The van der Waals surface area contributed by atoms with Gasteiger partial charge in [-0.1, -0.05) is 85.5 Å². The van der Waals surface area contributed by atoms with Crippen molar-refractivity contribution < 1.29 is 14.7 Å². The summed E-state index contributed by atoms with van der Waals surface area (Å²) < 4.78 is 0.278. The predicted molar refractivity (Wildman–Crippen MR) is 112 cm³/mol. The molecule has 4 nitrogen and oxygen atoms in total. The Hall–Kier alpha value is -2.44. The van der Waals surface area contributed by atoms with E-state index in [2.05, 4.69) is 6.92 Å². The van der Waals surface area contributed by atoms with Crippen LogP contribution in [0.5, 0.6) is 0 Å². The second-order valence-corrected chi connectivity index (χ2v) is 7.87. The third-order valence-electron chi connectivity index (χ3n) is 4.38. The van der Waals surface area contributed by atoms with Crippen LogP contribution < -0.4 is 0 Å². The number of aliphatic carboxylic acids is 1. The zero-order valence-electron chi connectivity index (χ0n) is 14.8. The van der Waals surface area contributed by atoms with Gasteiger partial charge in [0, 0.05) is 6.42 Å². The van der Waals surface area contributed by atoms with Crippen LogP contribution in [-0.4, -0.2) is 32.2 Å². The van der Waals surface area contributed by atoms with Gasteiger partial charge >= 0.3 is 5.97 Å². The number of hydrogen-bond acceptors (Lipinski definition) is 4. The predicted octanol–water partition coefficient (Wildman–Crippen LogP) is 4.15. The minimum Gasteiger partial charge on any atom is -0.480 e. The molecular weight excluding hydrogens is 378 g/mol. The molecule has 0 saturated carbocycles. The molecule has 1 fully saturated rings. The Morgan fingerprint density at radius 2 is 1.81 bits per heavy atom. The number of carbonyl (C=O) groups excluding carboxylic acids is 1. The topological polar surface area (TPSA) is 57.6 Å². The minimum absolute atomic E-state index is 0.209. The summed E-state index contributed by atoms with van der Waals surface area (Å²) in [5.41, 5.74) is 2.95. The van der Waals surface area contributed by atoms with E-state index in [1.807, 2.05) is 54.6 Å². The highest BCUT2D eigenvalue weighted by Gasteiger charge is 2.40. The van der Waals surface area contributed by atoms with Crippen molar-refractivity contribution in [3.05, 3.63) is 76.2 Å². The molecule has 0 spiro atoms. The van der Waals surface area contributed by atoms with Crippen LogP contribution in [0.1, 0.15) is 23.6 Å². The normalized spacial score (nSPS) is 16.8. The minimum atomic E-state index is -1.07. The molecule has 1 N–H and O–H groups in total. The van der Waals surface area contributed by atoms with Crippen molar-refractivity contribution >= 4 is 46.3 Å². The monoisotopic (exact) mass is 397 g/mol. The van der Waals surface area contributed by atoms with Gasteiger partial charge in [-0.25, -0.2) is 4.79 Å². The number of amides is 1. The summed E-state index contributed by atoms with van der Waals surface area (Å²) in [4.78, 5) is 26.4. The maximum atomic E-state index is 12.9. The van der Waals surface area contributed by atoms with Gasteiger partial charge in [0.15, 0.2) is 0 Å². The van der Waals surface area contributed by atoms with Crippen molar-refractivity contribution in [1.82, 2.24) is 4.90 Å². The lowest BCUT2D eigenvalue weighted by molar-refractivity contribution is -0.145. The van der Waals surface area contributed by atoms with Crippen molar-refractivity contribution in [2.24, 2.45) is 0 Å². The van der Waals surface area contributed by atoms with Crippen LogP contribution in [0.15, 0.2) is 59.5 Å². The first-order chi connectivity index (χ1) is 13.0. The summed E-state index contributed by atoms with van der Waals surface area (Å²) in [6, 6.07) is 16.2. The van der Waals surface area contributed by atoms with Gasteiger partial charge in [-0.2, -0.15) is 0 Å². The van der Waals surface area contributed by atoms with Gasteiger partial charge in [-0.05, 0) is 29.2 Å². The molecule has 1 amide bonds. The van der Waals surface area contributed by atoms with E-state index in [-0.39, 0.29) is 16.6 Å². The standard InChI is InChI=1S/C21H19NO3S2/c1-2-14-8-10-16(11-9-14)13-18-19(23)22(21(26)27-18)17(20(24)25)12-15-6-4-3-5-7-15/h3-11,13,17H,2,12H2,1H3,(H,24,25)/b18-13-/t17-/m1/s1. The van der Waals surface area contributed by atoms with Crippen LogP contribution in [0, 0.1) is 0 Å². The first-order valence-electron chi connectivity index (χ1n) is 8.62. The summed E-state index contributed by atoms with van der Waals surface area (Å²) in [6.07, 6.45) is 2.92.